The average Bonchev–Trinajstić information content (AvgIpc) is 4.07. The number of hydrogen-bond donors (Lipinski definition) is 0. The Bertz CT molecular complexity index is 4770. The number of fused-ring (bicyclic) bond motifs is 15. The molecule has 75 heavy (non-hydrogen) atoms. The van der Waals surface area contributed by atoms with Crippen molar-refractivity contribution in [3.05, 3.63) is 265 Å². The van der Waals surface area contributed by atoms with E-state index in [1.165, 1.54) is 146 Å². The Labute approximate surface area is 439 Å². The van der Waals surface area contributed by atoms with Crippen molar-refractivity contribution < 1.29 is 0 Å². The molecule has 16 rings (SSSR count). The van der Waals surface area contributed by atoms with Crippen molar-refractivity contribution in [1.29, 1.82) is 0 Å². The normalized spacial score (nSPS) is 17.9. The van der Waals surface area contributed by atoms with Crippen molar-refractivity contribution in [3.8, 4) is 22.3 Å². The maximum absolute atomic E-state index is 6.15. The van der Waals surface area contributed by atoms with E-state index in [-0.39, 0.29) is 11.5 Å². The lowest BCUT2D eigenvalue weighted by molar-refractivity contribution is 0.602. The molecule has 0 amide bonds. The van der Waals surface area contributed by atoms with Gasteiger partial charge in [-0.1, -0.05) is 218 Å². The van der Waals surface area contributed by atoms with Crippen LogP contribution in [-0.2, 0) is 5.41 Å². The fourth-order valence-electron chi connectivity index (χ4n) is 13.7. The third-order valence-electron chi connectivity index (χ3n) is 17.4. The van der Waals surface area contributed by atoms with Crippen LogP contribution in [0, 0.1) is 5.92 Å². The second-order valence-electron chi connectivity index (χ2n) is 21.4. The smallest absolute Gasteiger partial charge is 0.0796 e. The maximum Gasteiger partial charge on any atom is 0.0796 e. The summed E-state index contributed by atoms with van der Waals surface area (Å²) >= 11 is 1.93. The zero-order valence-corrected chi connectivity index (χ0v) is 42.2. The molecule has 3 unspecified atom stereocenters. The van der Waals surface area contributed by atoms with Gasteiger partial charge in [0.05, 0.1) is 6.04 Å². The minimum Gasteiger partial charge on any atom is -0.281 e. The molecule has 0 bridgehead atoms. The highest BCUT2D eigenvalue weighted by Crippen LogP contribution is 2.64. The van der Waals surface area contributed by atoms with E-state index in [4.69, 9.17) is 11.6 Å². The molecule has 1 nitrogen and oxygen atoms in total. The second kappa shape index (κ2) is 16.4. The molecular formula is C73H49NS. The second-order valence-corrected chi connectivity index (χ2v) is 22.4. The molecule has 1 aromatic heterocycles. The van der Waals surface area contributed by atoms with Crippen LogP contribution >= 0.6 is 11.3 Å². The minimum absolute atomic E-state index is 0.157. The molecule has 0 saturated heterocycles. The van der Waals surface area contributed by atoms with Gasteiger partial charge in [-0.25, -0.2) is 0 Å². The van der Waals surface area contributed by atoms with Gasteiger partial charge in [-0.2, -0.15) is 0 Å². The maximum atomic E-state index is 6.15. The first kappa shape index (κ1) is 42.8. The van der Waals surface area contributed by atoms with Gasteiger partial charge in [0.2, 0.25) is 0 Å². The molecule has 2 heteroatoms. The number of aliphatic imine (C=N–C) groups is 1. The zero-order chi connectivity index (χ0) is 49.4. The van der Waals surface area contributed by atoms with Gasteiger partial charge in [-0.05, 0) is 170 Å². The van der Waals surface area contributed by atoms with E-state index in [1.807, 2.05) is 11.3 Å². The highest BCUT2D eigenvalue weighted by molar-refractivity contribution is 7.26. The van der Waals surface area contributed by atoms with Crippen LogP contribution in [-0.4, -0.2) is 5.71 Å². The summed E-state index contributed by atoms with van der Waals surface area (Å²) in [6, 6.07) is 88.8. The quantitative estimate of drug-likeness (QED) is 0.0926. The monoisotopic (exact) mass is 971 g/mol. The first-order valence-corrected chi connectivity index (χ1v) is 27.3. The Morgan fingerprint density at radius 3 is 1.81 bits per heavy atom. The largest absolute Gasteiger partial charge is 0.281 e. The fourth-order valence-corrected chi connectivity index (χ4v) is 14.9. The van der Waals surface area contributed by atoms with Crippen molar-refractivity contribution in [2.75, 3.05) is 0 Å². The van der Waals surface area contributed by atoms with Crippen LogP contribution in [0.5, 0.6) is 0 Å². The lowest BCUT2D eigenvalue weighted by atomic mass is 9.78. The van der Waals surface area contributed by atoms with Crippen LogP contribution in [0.1, 0.15) is 42.0 Å². The van der Waals surface area contributed by atoms with E-state index < -0.39 is 0 Å². The molecule has 1 fully saturated rings. The van der Waals surface area contributed by atoms with Gasteiger partial charge in [0, 0.05) is 31.3 Å². The summed E-state index contributed by atoms with van der Waals surface area (Å²) < 4.78 is 2.62. The lowest BCUT2D eigenvalue weighted by Gasteiger charge is -2.29. The molecule has 1 saturated carbocycles. The Hall–Kier alpha value is -8.69. The van der Waals surface area contributed by atoms with Crippen LogP contribution in [0.4, 0.5) is 0 Å². The van der Waals surface area contributed by atoms with Gasteiger partial charge < -0.3 is 0 Å². The first-order valence-electron chi connectivity index (χ1n) is 26.5. The number of thiophene rings is 1. The lowest BCUT2D eigenvalue weighted by Crippen LogP contribution is -2.21. The van der Waals surface area contributed by atoms with Gasteiger partial charge in [-0.3, -0.25) is 4.99 Å². The molecule has 352 valence electrons. The summed E-state index contributed by atoms with van der Waals surface area (Å²) in [6.45, 7) is 5.14. The van der Waals surface area contributed by atoms with E-state index in [0.717, 1.165) is 19.3 Å². The highest BCUT2D eigenvalue weighted by atomic mass is 32.1. The van der Waals surface area contributed by atoms with Crippen molar-refractivity contribution in [2.24, 2.45) is 10.9 Å². The zero-order valence-electron chi connectivity index (χ0n) is 41.4. The van der Waals surface area contributed by atoms with Crippen LogP contribution in [0.2, 0.25) is 0 Å². The summed E-state index contributed by atoms with van der Waals surface area (Å²) in [5.74, 6) is 0.392. The third kappa shape index (κ3) is 6.59. The standard InChI is InChI=1S/C73H49NS/c1-44-37-67(74-66(53-29-32-58-52(39-53)24-23-47-15-7-10-20-57(47)58)42-56-43-73(44,56)55-30-25-46(26-31-55)45-13-3-2-4-14-45)62-35-36-68-71(63-34-28-49-17-9-12-22-60(49)72(63)75-68)70(62)65-41-54-38-50-18-5-6-19-51(50)40-64(54)69-59-21-11-8-16-48(59)27-33-61(65)69/h2-36,38-41,56,67H,1,37,42-43H2. The van der Waals surface area contributed by atoms with Gasteiger partial charge in [-0.15, -0.1) is 11.3 Å². The predicted molar refractivity (Wildman–Crippen MR) is 323 cm³/mol. The van der Waals surface area contributed by atoms with Crippen LogP contribution in [0.3, 0.4) is 0 Å². The number of hydrogen-bond acceptors (Lipinski definition) is 2. The van der Waals surface area contributed by atoms with Gasteiger partial charge in [0.25, 0.3) is 0 Å². The Morgan fingerprint density at radius 1 is 0.413 bits per heavy atom. The predicted octanol–water partition coefficient (Wildman–Crippen LogP) is 20.3. The van der Waals surface area contributed by atoms with Crippen LogP contribution in [0.25, 0.3) is 118 Å². The van der Waals surface area contributed by atoms with Crippen LogP contribution < -0.4 is 0 Å². The number of nitrogens with zero attached hydrogens (tertiary/aromatic N) is 1. The molecule has 3 atom stereocenters. The van der Waals surface area contributed by atoms with Gasteiger partial charge in [0.15, 0.2) is 0 Å². The Kier molecular flexibility index (Phi) is 9.36. The fraction of sp³-hybridized carbons (Fsp3) is 0.0822. The molecule has 2 aliphatic rings. The van der Waals surface area contributed by atoms with E-state index in [0.29, 0.717) is 5.92 Å². The van der Waals surface area contributed by atoms with Crippen molar-refractivity contribution in [3.63, 3.8) is 0 Å². The summed E-state index contributed by atoms with van der Waals surface area (Å²) in [7, 11) is 0. The number of rotatable bonds is 5. The summed E-state index contributed by atoms with van der Waals surface area (Å²) in [5, 5.41) is 20.4. The third-order valence-corrected chi connectivity index (χ3v) is 18.6. The van der Waals surface area contributed by atoms with Crippen molar-refractivity contribution in [2.45, 2.75) is 30.7 Å². The van der Waals surface area contributed by atoms with Gasteiger partial charge >= 0.3 is 0 Å². The molecule has 1 aliphatic carbocycles. The van der Waals surface area contributed by atoms with E-state index in [9.17, 15) is 0 Å². The van der Waals surface area contributed by atoms with Gasteiger partial charge in [0.1, 0.15) is 0 Å². The topological polar surface area (TPSA) is 12.4 Å². The summed E-state index contributed by atoms with van der Waals surface area (Å²) in [5.41, 5.74) is 11.2. The minimum atomic E-state index is -0.209. The van der Waals surface area contributed by atoms with E-state index in [1.54, 1.807) is 0 Å². The number of benzene rings is 13. The molecule has 14 aromatic rings. The Balaban J connectivity index is 0.978. The molecular weight excluding hydrogens is 923 g/mol. The van der Waals surface area contributed by atoms with Crippen LogP contribution in [0.15, 0.2) is 254 Å². The van der Waals surface area contributed by atoms with Crippen molar-refractivity contribution in [1.82, 2.24) is 0 Å². The van der Waals surface area contributed by atoms with E-state index >= 15 is 0 Å². The Morgan fingerprint density at radius 2 is 1.01 bits per heavy atom. The molecule has 0 N–H and O–H groups in total. The highest BCUT2D eigenvalue weighted by Gasteiger charge is 2.57. The molecule has 13 aromatic carbocycles. The summed E-state index contributed by atoms with van der Waals surface area (Å²) in [6.07, 6.45) is 2.67. The summed E-state index contributed by atoms with van der Waals surface area (Å²) in [4.78, 5) is 6.15. The van der Waals surface area contributed by atoms with E-state index in [2.05, 4.69) is 237 Å². The molecule has 2 heterocycles. The SMILES string of the molecule is C=C1CC(c2ccc3sc4c5ccccc5ccc4c3c2-c2cc3cc4ccccc4cc3c3c2ccc2ccccc23)N=C(c2ccc3c(ccc4ccccc43)c2)CC2CC12c1ccc(-c2ccccc2)cc1. The molecule has 0 spiro atoms. The first-order chi connectivity index (χ1) is 37.0. The average molecular weight is 972 g/mol. The molecule has 1 aliphatic heterocycles. The van der Waals surface area contributed by atoms with Crippen molar-refractivity contribution >= 4 is 113 Å². The molecule has 0 radical (unpaired) electrons.